The lowest BCUT2D eigenvalue weighted by atomic mass is 9.89. The number of likely N-dealkylation sites (N-methyl/N-ethyl adjacent to an activating group) is 2. The lowest BCUT2D eigenvalue weighted by molar-refractivity contribution is -0.146. The fraction of sp³-hybridized carbons (Fsp3) is 0.500. The molecule has 0 heterocycles. The van der Waals surface area contributed by atoms with Crippen LogP contribution in [-0.2, 0) is 10.3 Å². The molecule has 0 fully saturated rings. The van der Waals surface area contributed by atoms with Gasteiger partial charge in [-0.3, -0.25) is 0 Å². The standard InChI is InChI=1S/C14H22N2O2/c1-4-10-16(3)11-14(15-2,13(17)18)12-8-6-5-7-9-12/h5-9,15H,4,10-11H2,1-3H3,(H,17,18). The number of hydrogen-bond acceptors (Lipinski definition) is 3. The zero-order valence-electron chi connectivity index (χ0n) is 11.3. The molecule has 1 aromatic carbocycles. The van der Waals surface area contributed by atoms with E-state index >= 15 is 0 Å². The van der Waals surface area contributed by atoms with E-state index in [1.807, 2.05) is 42.3 Å². The summed E-state index contributed by atoms with van der Waals surface area (Å²) in [6, 6.07) is 9.32. The molecular formula is C14H22N2O2. The first-order valence-corrected chi connectivity index (χ1v) is 6.23. The van der Waals surface area contributed by atoms with Gasteiger partial charge in [0.05, 0.1) is 0 Å². The molecule has 0 spiro atoms. The molecule has 0 aliphatic carbocycles. The molecule has 0 saturated heterocycles. The van der Waals surface area contributed by atoms with Crippen LogP contribution < -0.4 is 5.32 Å². The second kappa shape index (κ2) is 6.52. The summed E-state index contributed by atoms with van der Waals surface area (Å²) in [5, 5.41) is 12.6. The predicted octanol–water partition coefficient (Wildman–Crippen LogP) is 1.53. The minimum absolute atomic E-state index is 0.441. The molecule has 0 aliphatic rings. The van der Waals surface area contributed by atoms with Crippen molar-refractivity contribution in [1.82, 2.24) is 10.2 Å². The Kier molecular flexibility index (Phi) is 5.31. The van der Waals surface area contributed by atoms with Crippen molar-refractivity contribution in [1.29, 1.82) is 0 Å². The maximum absolute atomic E-state index is 11.7. The highest BCUT2D eigenvalue weighted by molar-refractivity contribution is 5.81. The third-order valence-electron chi connectivity index (χ3n) is 3.17. The maximum atomic E-state index is 11.7. The van der Waals surface area contributed by atoms with Crippen molar-refractivity contribution >= 4 is 5.97 Å². The Morgan fingerprint density at radius 1 is 1.39 bits per heavy atom. The van der Waals surface area contributed by atoms with E-state index in [2.05, 4.69) is 12.2 Å². The van der Waals surface area contributed by atoms with Crippen molar-refractivity contribution in [2.24, 2.45) is 0 Å². The van der Waals surface area contributed by atoms with Crippen LogP contribution in [0.25, 0.3) is 0 Å². The average molecular weight is 250 g/mol. The molecule has 0 aromatic heterocycles. The van der Waals surface area contributed by atoms with E-state index < -0.39 is 11.5 Å². The van der Waals surface area contributed by atoms with Gasteiger partial charge in [-0.2, -0.15) is 0 Å². The fourth-order valence-corrected chi connectivity index (χ4v) is 2.20. The van der Waals surface area contributed by atoms with Crippen molar-refractivity contribution in [3.05, 3.63) is 35.9 Å². The highest BCUT2D eigenvalue weighted by atomic mass is 16.4. The van der Waals surface area contributed by atoms with E-state index in [0.717, 1.165) is 18.5 Å². The van der Waals surface area contributed by atoms with Gasteiger partial charge in [0.15, 0.2) is 5.54 Å². The van der Waals surface area contributed by atoms with E-state index in [1.54, 1.807) is 7.05 Å². The molecule has 100 valence electrons. The summed E-state index contributed by atoms with van der Waals surface area (Å²) in [4.78, 5) is 13.7. The summed E-state index contributed by atoms with van der Waals surface area (Å²) in [5.41, 5.74) is -0.270. The van der Waals surface area contributed by atoms with Crippen molar-refractivity contribution in [2.75, 3.05) is 27.2 Å². The molecule has 0 aliphatic heterocycles. The second-order valence-electron chi connectivity index (χ2n) is 4.56. The lowest BCUT2D eigenvalue weighted by Crippen LogP contribution is -2.54. The Hall–Kier alpha value is -1.39. The quantitative estimate of drug-likeness (QED) is 0.770. The van der Waals surface area contributed by atoms with E-state index in [-0.39, 0.29) is 0 Å². The third-order valence-corrected chi connectivity index (χ3v) is 3.17. The van der Waals surface area contributed by atoms with Crippen molar-refractivity contribution in [3.63, 3.8) is 0 Å². The van der Waals surface area contributed by atoms with Crippen molar-refractivity contribution < 1.29 is 9.90 Å². The first-order chi connectivity index (χ1) is 8.56. The van der Waals surface area contributed by atoms with Gasteiger partial charge < -0.3 is 15.3 Å². The van der Waals surface area contributed by atoms with Crippen LogP contribution in [-0.4, -0.2) is 43.2 Å². The summed E-state index contributed by atoms with van der Waals surface area (Å²) >= 11 is 0. The molecule has 4 nitrogen and oxygen atoms in total. The Labute approximate surface area is 109 Å². The van der Waals surface area contributed by atoms with Gasteiger partial charge in [0.25, 0.3) is 0 Å². The number of benzene rings is 1. The molecule has 1 unspecified atom stereocenters. The Bertz CT molecular complexity index is 381. The first-order valence-electron chi connectivity index (χ1n) is 6.23. The van der Waals surface area contributed by atoms with Gasteiger partial charge in [-0.15, -0.1) is 0 Å². The van der Waals surface area contributed by atoms with Crippen LogP contribution >= 0.6 is 0 Å². The van der Waals surface area contributed by atoms with Crippen LogP contribution in [0.2, 0.25) is 0 Å². The number of nitrogens with zero attached hydrogens (tertiary/aromatic N) is 1. The number of carboxylic acids is 1. The zero-order valence-corrected chi connectivity index (χ0v) is 11.3. The number of aliphatic carboxylic acids is 1. The van der Waals surface area contributed by atoms with Crippen LogP contribution in [0.15, 0.2) is 30.3 Å². The summed E-state index contributed by atoms with van der Waals surface area (Å²) in [6.45, 7) is 3.40. The van der Waals surface area contributed by atoms with E-state index in [0.29, 0.717) is 6.54 Å². The molecule has 0 bridgehead atoms. The van der Waals surface area contributed by atoms with Gasteiger partial charge in [0.1, 0.15) is 0 Å². The smallest absolute Gasteiger partial charge is 0.329 e. The molecule has 1 atom stereocenters. The van der Waals surface area contributed by atoms with Crippen LogP contribution in [0.4, 0.5) is 0 Å². The van der Waals surface area contributed by atoms with Crippen LogP contribution in [0, 0.1) is 0 Å². The van der Waals surface area contributed by atoms with Gasteiger partial charge in [0.2, 0.25) is 0 Å². The number of nitrogens with one attached hydrogen (secondary N) is 1. The molecule has 1 aromatic rings. The monoisotopic (exact) mass is 250 g/mol. The summed E-state index contributed by atoms with van der Waals surface area (Å²) in [5.74, 6) is -0.848. The molecule has 2 N–H and O–H groups in total. The summed E-state index contributed by atoms with van der Waals surface area (Å²) in [6.07, 6.45) is 1.00. The summed E-state index contributed by atoms with van der Waals surface area (Å²) in [7, 11) is 3.64. The van der Waals surface area contributed by atoms with Gasteiger partial charge >= 0.3 is 5.97 Å². The number of carboxylic acid groups (broad SMARTS) is 1. The van der Waals surface area contributed by atoms with Crippen molar-refractivity contribution in [2.45, 2.75) is 18.9 Å². The highest BCUT2D eigenvalue weighted by Gasteiger charge is 2.39. The topological polar surface area (TPSA) is 52.6 Å². The summed E-state index contributed by atoms with van der Waals surface area (Å²) < 4.78 is 0. The van der Waals surface area contributed by atoms with Crippen LogP contribution in [0.3, 0.4) is 0 Å². The SMILES string of the molecule is CCCN(C)CC(NC)(C(=O)O)c1ccccc1. The molecule has 1 rings (SSSR count). The predicted molar refractivity (Wildman–Crippen MR) is 72.6 cm³/mol. The highest BCUT2D eigenvalue weighted by Crippen LogP contribution is 2.22. The van der Waals surface area contributed by atoms with E-state index in [4.69, 9.17) is 0 Å². The molecule has 0 radical (unpaired) electrons. The third kappa shape index (κ3) is 3.09. The molecular weight excluding hydrogens is 228 g/mol. The molecule has 0 amide bonds. The van der Waals surface area contributed by atoms with Gasteiger partial charge in [-0.25, -0.2) is 4.79 Å². The van der Waals surface area contributed by atoms with Gasteiger partial charge in [-0.1, -0.05) is 37.3 Å². The molecule has 0 saturated carbocycles. The lowest BCUT2D eigenvalue weighted by Gasteiger charge is -2.33. The Morgan fingerprint density at radius 2 is 2.00 bits per heavy atom. The van der Waals surface area contributed by atoms with Crippen LogP contribution in [0.5, 0.6) is 0 Å². The van der Waals surface area contributed by atoms with Crippen LogP contribution in [0.1, 0.15) is 18.9 Å². The zero-order chi connectivity index (χ0) is 13.6. The fourth-order valence-electron chi connectivity index (χ4n) is 2.20. The second-order valence-corrected chi connectivity index (χ2v) is 4.56. The number of hydrogen-bond donors (Lipinski definition) is 2. The Morgan fingerprint density at radius 3 is 2.44 bits per heavy atom. The normalized spacial score (nSPS) is 14.4. The largest absolute Gasteiger partial charge is 0.480 e. The molecule has 4 heteroatoms. The minimum atomic E-state index is -1.05. The molecule has 18 heavy (non-hydrogen) atoms. The van der Waals surface area contributed by atoms with Crippen molar-refractivity contribution in [3.8, 4) is 0 Å². The first kappa shape index (κ1) is 14.7. The van der Waals surface area contributed by atoms with Gasteiger partial charge in [-0.05, 0) is 32.6 Å². The van der Waals surface area contributed by atoms with Gasteiger partial charge in [0, 0.05) is 6.54 Å². The van der Waals surface area contributed by atoms with E-state index in [1.165, 1.54) is 0 Å². The number of carbonyl (C=O) groups is 1. The van der Waals surface area contributed by atoms with E-state index in [9.17, 15) is 9.90 Å². The minimum Gasteiger partial charge on any atom is -0.480 e. The maximum Gasteiger partial charge on any atom is 0.329 e. The average Bonchev–Trinajstić information content (AvgIpc) is 2.37. The Balaban J connectivity index is 3.06. The number of rotatable bonds is 7.